The first-order valence-corrected chi connectivity index (χ1v) is 7.51. The van der Waals surface area contributed by atoms with E-state index >= 15 is 0 Å². The van der Waals surface area contributed by atoms with Crippen LogP contribution in [0.1, 0.15) is 43.0 Å². The van der Waals surface area contributed by atoms with E-state index in [0.717, 1.165) is 0 Å². The standard InChI is InChI=1S/C17H21N3O/c1-12-4-6-14(7-5-12)16(15-8-9-15)19-17(21)13(2)20-11-3-10-18-20/h3-7,10-11,13,15-16H,8-9H2,1-2H3,(H,19,21). The van der Waals surface area contributed by atoms with Gasteiger partial charge in [-0.05, 0) is 44.2 Å². The SMILES string of the molecule is Cc1ccc(C(NC(=O)C(C)n2cccn2)C2CC2)cc1. The van der Waals surface area contributed by atoms with Gasteiger partial charge in [-0.25, -0.2) is 0 Å². The van der Waals surface area contributed by atoms with Crippen LogP contribution in [0.3, 0.4) is 0 Å². The monoisotopic (exact) mass is 283 g/mol. The molecule has 4 nitrogen and oxygen atoms in total. The quantitative estimate of drug-likeness (QED) is 0.917. The Morgan fingerprint density at radius 1 is 1.33 bits per heavy atom. The number of amides is 1. The van der Waals surface area contributed by atoms with Crippen LogP contribution < -0.4 is 5.32 Å². The summed E-state index contributed by atoms with van der Waals surface area (Å²) >= 11 is 0. The van der Waals surface area contributed by atoms with Crippen LogP contribution in [-0.2, 0) is 4.79 Å². The van der Waals surface area contributed by atoms with Gasteiger partial charge in [0.15, 0.2) is 0 Å². The third-order valence-electron chi connectivity index (χ3n) is 4.13. The van der Waals surface area contributed by atoms with Crippen molar-refractivity contribution in [1.29, 1.82) is 0 Å². The molecule has 1 aliphatic rings. The van der Waals surface area contributed by atoms with Crippen molar-refractivity contribution in [3.8, 4) is 0 Å². The number of aryl methyl sites for hydroxylation is 1. The highest BCUT2D eigenvalue weighted by atomic mass is 16.2. The first-order chi connectivity index (χ1) is 10.1. The van der Waals surface area contributed by atoms with Crippen LogP contribution in [-0.4, -0.2) is 15.7 Å². The number of carbonyl (C=O) groups is 1. The molecular weight excluding hydrogens is 262 g/mol. The lowest BCUT2D eigenvalue weighted by Gasteiger charge is -2.21. The lowest BCUT2D eigenvalue weighted by Crippen LogP contribution is -2.35. The molecular formula is C17H21N3O. The second-order valence-electron chi connectivity index (χ2n) is 5.90. The predicted molar refractivity (Wildman–Crippen MR) is 81.7 cm³/mol. The van der Waals surface area contributed by atoms with Crippen LogP contribution in [0, 0.1) is 12.8 Å². The Kier molecular flexibility index (Phi) is 3.78. The molecule has 4 heteroatoms. The van der Waals surface area contributed by atoms with Crippen molar-refractivity contribution in [2.75, 3.05) is 0 Å². The van der Waals surface area contributed by atoms with Crippen LogP contribution in [0.4, 0.5) is 0 Å². The summed E-state index contributed by atoms with van der Waals surface area (Å²) in [5.74, 6) is 0.595. The van der Waals surface area contributed by atoms with Crippen molar-refractivity contribution in [1.82, 2.24) is 15.1 Å². The molecule has 2 unspecified atom stereocenters. The number of hydrogen-bond donors (Lipinski definition) is 1. The molecule has 21 heavy (non-hydrogen) atoms. The summed E-state index contributed by atoms with van der Waals surface area (Å²) in [6, 6.07) is 10.1. The minimum Gasteiger partial charge on any atom is -0.347 e. The summed E-state index contributed by atoms with van der Waals surface area (Å²) < 4.78 is 1.69. The Hall–Kier alpha value is -2.10. The molecule has 0 radical (unpaired) electrons. The van der Waals surface area contributed by atoms with Gasteiger partial charge in [0.05, 0.1) is 6.04 Å². The van der Waals surface area contributed by atoms with E-state index in [2.05, 4.69) is 41.6 Å². The molecule has 1 saturated carbocycles. The lowest BCUT2D eigenvalue weighted by molar-refractivity contribution is -0.125. The maximum absolute atomic E-state index is 12.5. The van der Waals surface area contributed by atoms with Gasteiger partial charge in [-0.1, -0.05) is 29.8 Å². The van der Waals surface area contributed by atoms with Crippen LogP contribution in [0.2, 0.25) is 0 Å². The number of hydrogen-bond acceptors (Lipinski definition) is 2. The first kappa shape index (κ1) is 13.9. The van der Waals surface area contributed by atoms with E-state index in [4.69, 9.17) is 0 Å². The highest BCUT2D eigenvalue weighted by molar-refractivity contribution is 5.80. The Balaban J connectivity index is 1.73. The molecule has 1 N–H and O–H groups in total. The van der Waals surface area contributed by atoms with Gasteiger partial charge in [0, 0.05) is 12.4 Å². The molecule has 3 rings (SSSR count). The highest BCUT2D eigenvalue weighted by Gasteiger charge is 2.34. The molecule has 0 bridgehead atoms. The molecule has 0 saturated heterocycles. The van der Waals surface area contributed by atoms with Gasteiger partial charge in [-0.3, -0.25) is 9.48 Å². The number of rotatable bonds is 5. The van der Waals surface area contributed by atoms with Gasteiger partial charge in [0.1, 0.15) is 6.04 Å². The number of nitrogens with one attached hydrogen (secondary N) is 1. The Bertz CT molecular complexity index is 599. The third-order valence-corrected chi connectivity index (χ3v) is 4.13. The number of aromatic nitrogens is 2. The maximum Gasteiger partial charge on any atom is 0.245 e. The van der Waals surface area contributed by atoms with Gasteiger partial charge < -0.3 is 5.32 Å². The van der Waals surface area contributed by atoms with Crippen LogP contribution in [0.25, 0.3) is 0 Å². The van der Waals surface area contributed by atoms with E-state index in [1.165, 1.54) is 24.0 Å². The summed E-state index contributed by atoms with van der Waals surface area (Å²) in [7, 11) is 0. The summed E-state index contributed by atoms with van der Waals surface area (Å²) in [4.78, 5) is 12.5. The highest BCUT2D eigenvalue weighted by Crippen LogP contribution is 2.41. The van der Waals surface area contributed by atoms with E-state index in [1.807, 2.05) is 19.2 Å². The van der Waals surface area contributed by atoms with Crippen molar-refractivity contribution in [2.45, 2.75) is 38.8 Å². The normalized spacial score (nSPS) is 17.2. The van der Waals surface area contributed by atoms with Gasteiger partial charge >= 0.3 is 0 Å². The minimum absolute atomic E-state index is 0.0242. The fourth-order valence-corrected chi connectivity index (χ4v) is 2.58. The first-order valence-electron chi connectivity index (χ1n) is 7.51. The molecule has 1 amide bonds. The molecule has 2 aromatic rings. The summed E-state index contributed by atoms with van der Waals surface area (Å²) in [5.41, 5.74) is 2.44. The predicted octanol–water partition coefficient (Wildman–Crippen LogP) is 3.02. The molecule has 1 aromatic carbocycles. The molecule has 110 valence electrons. The second-order valence-corrected chi connectivity index (χ2v) is 5.90. The van der Waals surface area contributed by atoms with E-state index in [-0.39, 0.29) is 18.0 Å². The van der Waals surface area contributed by atoms with Gasteiger partial charge in [0.2, 0.25) is 5.91 Å². The molecule has 1 aromatic heterocycles. The molecule has 1 fully saturated rings. The molecule has 1 aliphatic carbocycles. The van der Waals surface area contributed by atoms with Crippen molar-refractivity contribution >= 4 is 5.91 Å². The molecule has 0 spiro atoms. The summed E-state index contributed by atoms with van der Waals surface area (Å²) in [6.07, 6.45) is 5.90. The third kappa shape index (κ3) is 3.15. The van der Waals surface area contributed by atoms with Gasteiger partial charge in [-0.2, -0.15) is 5.10 Å². The lowest BCUT2D eigenvalue weighted by atomic mass is 10.0. The van der Waals surface area contributed by atoms with Crippen molar-refractivity contribution in [2.24, 2.45) is 5.92 Å². The maximum atomic E-state index is 12.5. The van der Waals surface area contributed by atoms with Crippen molar-refractivity contribution in [3.63, 3.8) is 0 Å². The number of carbonyl (C=O) groups excluding carboxylic acids is 1. The van der Waals surface area contributed by atoms with Gasteiger partial charge in [-0.15, -0.1) is 0 Å². The zero-order valence-corrected chi connectivity index (χ0v) is 12.5. The Morgan fingerprint density at radius 3 is 2.62 bits per heavy atom. The fraction of sp³-hybridized carbons (Fsp3) is 0.412. The molecule has 0 aliphatic heterocycles. The zero-order chi connectivity index (χ0) is 14.8. The number of benzene rings is 1. The average molecular weight is 283 g/mol. The fourth-order valence-electron chi connectivity index (χ4n) is 2.58. The van der Waals surface area contributed by atoms with E-state index in [1.54, 1.807) is 10.9 Å². The molecule has 2 atom stereocenters. The van der Waals surface area contributed by atoms with E-state index < -0.39 is 0 Å². The van der Waals surface area contributed by atoms with E-state index in [0.29, 0.717) is 5.92 Å². The van der Waals surface area contributed by atoms with Crippen molar-refractivity contribution in [3.05, 3.63) is 53.9 Å². The molecule has 1 heterocycles. The van der Waals surface area contributed by atoms with Crippen LogP contribution >= 0.6 is 0 Å². The largest absolute Gasteiger partial charge is 0.347 e. The van der Waals surface area contributed by atoms with Crippen LogP contribution in [0.5, 0.6) is 0 Å². The second kappa shape index (κ2) is 5.72. The summed E-state index contributed by atoms with van der Waals surface area (Å²) in [6.45, 7) is 3.95. The Labute approximate surface area is 125 Å². The smallest absolute Gasteiger partial charge is 0.245 e. The van der Waals surface area contributed by atoms with Crippen LogP contribution in [0.15, 0.2) is 42.7 Å². The summed E-state index contributed by atoms with van der Waals surface area (Å²) in [5, 5.41) is 7.35. The Morgan fingerprint density at radius 2 is 2.05 bits per heavy atom. The minimum atomic E-state index is -0.285. The van der Waals surface area contributed by atoms with Gasteiger partial charge in [0.25, 0.3) is 0 Å². The zero-order valence-electron chi connectivity index (χ0n) is 12.5. The average Bonchev–Trinajstić information content (AvgIpc) is 3.18. The topological polar surface area (TPSA) is 46.9 Å². The number of nitrogens with zero attached hydrogens (tertiary/aromatic N) is 2. The van der Waals surface area contributed by atoms with E-state index in [9.17, 15) is 4.79 Å². The van der Waals surface area contributed by atoms with Crippen molar-refractivity contribution < 1.29 is 4.79 Å².